The highest BCUT2D eigenvalue weighted by molar-refractivity contribution is 5.83. The summed E-state index contributed by atoms with van der Waals surface area (Å²) in [6, 6.07) is -0.119. The van der Waals surface area contributed by atoms with Gasteiger partial charge in [-0.2, -0.15) is 31.6 Å². The van der Waals surface area contributed by atoms with Gasteiger partial charge in [0, 0.05) is 19.0 Å². The topological polar surface area (TPSA) is 94.5 Å². The number of halogens is 6. The van der Waals surface area contributed by atoms with Crippen molar-refractivity contribution in [1.29, 1.82) is 5.26 Å². The normalized spacial score (nSPS) is 25.6. The first-order valence-corrected chi connectivity index (χ1v) is 9.92. The molecule has 2 aliphatic rings. The first-order chi connectivity index (χ1) is 15.3. The van der Waals surface area contributed by atoms with E-state index in [0.29, 0.717) is 12.5 Å². The average Bonchev–Trinajstić information content (AvgIpc) is 3.39. The van der Waals surface area contributed by atoms with Crippen LogP contribution in [0, 0.1) is 11.3 Å². The Kier molecular flexibility index (Phi) is 6.78. The van der Waals surface area contributed by atoms with Gasteiger partial charge in [-0.05, 0) is 30.5 Å². The van der Waals surface area contributed by atoms with Gasteiger partial charge in [0.05, 0.1) is 36.4 Å². The summed E-state index contributed by atoms with van der Waals surface area (Å²) in [4.78, 5) is 25.5. The van der Waals surface area contributed by atoms with E-state index in [1.165, 1.54) is 18.1 Å². The van der Waals surface area contributed by atoms with Gasteiger partial charge in [-0.25, -0.2) is 4.79 Å². The number of nitrogens with zero attached hydrogens (tertiary/aromatic N) is 2. The Morgan fingerprint density at radius 3 is 2.52 bits per heavy atom. The quantitative estimate of drug-likeness (QED) is 0.652. The molecule has 7 nitrogen and oxygen atoms in total. The highest BCUT2D eigenvalue weighted by atomic mass is 19.4. The summed E-state index contributed by atoms with van der Waals surface area (Å²) in [5.41, 5.74) is -2.29. The molecule has 1 aromatic carbocycles. The molecule has 0 saturated carbocycles. The molecule has 2 N–H and O–H groups in total. The van der Waals surface area contributed by atoms with Crippen LogP contribution in [0.2, 0.25) is 0 Å². The van der Waals surface area contributed by atoms with E-state index in [0.717, 1.165) is 12.1 Å². The van der Waals surface area contributed by atoms with Gasteiger partial charge < -0.3 is 15.0 Å². The predicted molar refractivity (Wildman–Crippen MR) is 101 cm³/mol. The third kappa shape index (κ3) is 5.32. The molecule has 2 amide bonds. The summed E-state index contributed by atoms with van der Waals surface area (Å²) in [7, 11) is 1.17. The molecule has 3 rings (SSSR count). The molecule has 2 saturated heterocycles. The highest BCUT2D eigenvalue weighted by Crippen LogP contribution is 2.42. The van der Waals surface area contributed by atoms with E-state index in [4.69, 9.17) is 5.26 Å². The number of carbonyl (C=O) groups excluding carboxylic acids is 2. The van der Waals surface area contributed by atoms with Gasteiger partial charge in [0.15, 0.2) is 0 Å². The van der Waals surface area contributed by atoms with E-state index in [-0.39, 0.29) is 25.1 Å². The van der Waals surface area contributed by atoms with Crippen LogP contribution in [0.4, 0.5) is 31.1 Å². The van der Waals surface area contributed by atoms with Gasteiger partial charge in [-0.3, -0.25) is 10.1 Å². The summed E-state index contributed by atoms with van der Waals surface area (Å²) in [6.45, 7) is 0.269. The number of amides is 2. The van der Waals surface area contributed by atoms with Crippen molar-refractivity contribution in [3.05, 3.63) is 34.9 Å². The Morgan fingerprint density at radius 2 is 1.94 bits per heavy atom. The number of rotatable bonds is 3. The van der Waals surface area contributed by atoms with Crippen LogP contribution in [0.5, 0.6) is 0 Å². The van der Waals surface area contributed by atoms with E-state index in [1.807, 2.05) is 0 Å². The fraction of sp³-hybridized carbons (Fsp3) is 0.550. The highest BCUT2D eigenvalue weighted by Gasteiger charge is 2.53. The number of nitriles is 1. The van der Waals surface area contributed by atoms with Crippen LogP contribution < -0.4 is 10.6 Å². The summed E-state index contributed by atoms with van der Waals surface area (Å²) in [5, 5.41) is 13.7. The Labute approximate surface area is 184 Å². The third-order valence-electron chi connectivity index (χ3n) is 5.83. The predicted octanol–water partition coefficient (Wildman–Crippen LogP) is 2.91. The van der Waals surface area contributed by atoms with Crippen LogP contribution in [-0.4, -0.2) is 61.4 Å². The lowest BCUT2D eigenvalue weighted by atomic mass is 9.88. The molecule has 4 atom stereocenters. The molecule has 0 radical (unpaired) electrons. The van der Waals surface area contributed by atoms with Crippen molar-refractivity contribution < 1.29 is 40.7 Å². The maximum Gasteiger partial charge on any atom is 0.417 e. The van der Waals surface area contributed by atoms with E-state index in [1.54, 1.807) is 0 Å². The molecule has 1 aromatic rings. The largest absolute Gasteiger partial charge is 0.453 e. The molecular weight excluding hydrogens is 458 g/mol. The molecule has 2 heterocycles. The second kappa shape index (κ2) is 9.09. The maximum atomic E-state index is 13.7. The zero-order valence-corrected chi connectivity index (χ0v) is 17.3. The Morgan fingerprint density at radius 1 is 1.24 bits per heavy atom. The summed E-state index contributed by atoms with van der Waals surface area (Å²) in [5.74, 6) is -2.09. The lowest BCUT2D eigenvalue weighted by Gasteiger charge is -2.24. The van der Waals surface area contributed by atoms with Crippen LogP contribution in [-0.2, 0) is 15.7 Å². The minimum atomic E-state index is -4.92. The number of hydrogen-bond acceptors (Lipinski definition) is 5. The number of carbonyl (C=O) groups is 2. The second-order valence-corrected chi connectivity index (χ2v) is 7.90. The van der Waals surface area contributed by atoms with Crippen LogP contribution in [0.1, 0.15) is 35.4 Å². The minimum Gasteiger partial charge on any atom is -0.453 e. The first kappa shape index (κ1) is 24.6. The lowest BCUT2D eigenvalue weighted by molar-refractivity contribution is -0.156. The summed E-state index contributed by atoms with van der Waals surface area (Å²) >= 11 is 0. The molecule has 0 aliphatic carbocycles. The molecule has 2 aliphatic heterocycles. The van der Waals surface area contributed by atoms with Gasteiger partial charge in [-0.15, -0.1) is 0 Å². The van der Waals surface area contributed by atoms with Gasteiger partial charge in [-0.1, -0.05) is 6.07 Å². The SMILES string of the molecule is COC(=O)N[C@@H]1CCN(C(=O)[C@@H]2CC(c3ccc(C#N)c(C(F)(F)F)c3)[C@H](C(F)(F)F)N2)C1. The third-order valence-corrected chi connectivity index (χ3v) is 5.83. The summed E-state index contributed by atoms with van der Waals surface area (Å²) < 4.78 is 85.5. The molecule has 0 bridgehead atoms. The molecule has 0 aromatic heterocycles. The van der Waals surface area contributed by atoms with Crippen molar-refractivity contribution in [2.45, 2.75) is 49.2 Å². The van der Waals surface area contributed by atoms with Gasteiger partial charge in [0.2, 0.25) is 5.91 Å². The Hall–Kier alpha value is -3.01. The van der Waals surface area contributed by atoms with Crippen LogP contribution in [0.25, 0.3) is 0 Å². The molecule has 2 fully saturated rings. The van der Waals surface area contributed by atoms with Crippen LogP contribution in [0.15, 0.2) is 18.2 Å². The average molecular weight is 478 g/mol. The smallest absolute Gasteiger partial charge is 0.417 e. The second-order valence-electron chi connectivity index (χ2n) is 7.90. The maximum absolute atomic E-state index is 13.7. The van der Waals surface area contributed by atoms with Gasteiger partial charge in [0.25, 0.3) is 0 Å². The van der Waals surface area contributed by atoms with E-state index < -0.39 is 59.5 Å². The van der Waals surface area contributed by atoms with Crippen molar-refractivity contribution >= 4 is 12.0 Å². The van der Waals surface area contributed by atoms with Crippen molar-refractivity contribution in [2.24, 2.45) is 0 Å². The van der Waals surface area contributed by atoms with E-state index in [2.05, 4.69) is 15.4 Å². The fourth-order valence-electron chi connectivity index (χ4n) is 4.26. The van der Waals surface area contributed by atoms with Crippen molar-refractivity contribution in [3.63, 3.8) is 0 Å². The van der Waals surface area contributed by atoms with Gasteiger partial charge >= 0.3 is 18.4 Å². The zero-order chi connectivity index (χ0) is 24.6. The van der Waals surface area contributed by atoms with E-state index in [9.17, 15) is 35.9 Å². The van der Waals surface area contributed by atoms with Crippen LogP contribution in [0.3, 0.4) is 0 Å². The van der Waals surface area contributed by atoms with Crippen molar-refractivity contribution in [3.8, 4) is 6.07 Å². The number of ether oxygens (including phenoxy) is 1. The number of benzene rings is 1. The zero-order valence-electron chi connectivity index (χ0n) is 17.3. The van der Waals surface area contributed by atoms with E-state index >= 15 is 0 Å². The number of alkyl carbamates (subject to hydrolysis) is 1. The first-order valence-electron chi connectivity index (χ1n) is 9.92. The van der Waals surface area contributed by atoms with Gasteiger partial charge in [0.1, 0.15) is 6.04 Å². The molecule has 180 valence electrons. The summed E-state index contributed by atoms with van der Waals surface area (Å²) in [6.07, 6.45) is -10.5. The molecule has 33 heavy (non-hydrogen) atoms. The Balaban J connectivity index is 1.82. The number of nitrogens with one attached hydrogen (secondary N) is 2. The number of methoxy groups -OCH3 is 1. The standard InChI is InChI=1S/C20H20F6N4O3/c1-33-18(32)28-12-4-5-30(9-12)17(31)15-7-13(16(29-15)20(24,25)26)10-2-3-11(8-27)14(6-10)19(21,22)23/h2-3,6,12-13,15-16,29H,4-5,7,9H2,1H3,(H,28,32)/t12-,13?,15+,16-/m1/s1. The molecule has 13 heteroatoms. The monoisotopic (exact) mass is 478 g/mol. The van der Waals surface area contributed by atoms with Crippen LogP contribution >= 0.6 is 0 Å². The molecule has 0 spiro atoms. The fourth-order valence-corrected chi connectivity index (χ4v) is 4.26. The molecular formula is C20H20F6N4O3. The number of alkyl halides is 6. The van der Waals surface area contributed by atoms with Crippen molar-refractivity contribution in [2.75, 3.05) is 20.2 Å². The number of hydrogen-bond donors (Lipinski definition) is 2. The lowest BCUT2D eigenvalue weighted by Crippen LogP contribution is -2.49. The molecule has 1 unspecified atom stereocenters. The Bertz CT molecular complexity index is 959. The number of likely N-dealkylation sites (tertiary alicyclic amines) is 1. The minimum absolute atomic E-state index is 0.0720. The van der Waals surface area contributed by atoms with Crippen molar-refractivity contribution in [1.82, 2.24) is 15.5 Å².